The number of pyridine rings is 1. The molecule has 8 heteroatoms. The molecule has 0 fully saturated rings. The number of sulfone groups is 1. The lowest BCUT2D eigenvalue weighted by Crippen LogP contribution is -2.00. The van der Waals surface area contributed by atoms with Gasteiger partial charge in [-0.3, -0.25) is 5.10 Å². The van der Waals surface area contributed by atoms with Crippen LogP contribution in [0.5, 0.6) is 0 Å². The maximum atomic E-state index is 11.8. The normalized spacial score (nSPS) is 11.9. The summed E-state index contributed by atoms with van der Waals surface area (Å²) in [6.45, 7) is 0. The maximum Gasteiger partial charge on any atom is 0.175 e. The monoisotopic (exact) mass is 353 g/mol. The Bertz CT molecular complexity index is 1210. The van der Waals surface area contributed by atoms with Crippen LogP contribution in [0.4, 0.5) is 17.2 Å². The molecule has 0 atom stereocenters. The van der Waals surface area contributed by atoms with Crippen molar-refractivity contribution in [1.29, 1.82) is 0 Å². The average Bonchev–Trinajstić information content (AvgIpc) is 3.06. The van der Waals surface area contributed by atoms with Crippen molar-refractivity contribution in [3.8, 4) is 0 Å². The van der Waals surface area contributed by atoms with Crippen LogP contribution in [0.3, 0.4) is 0 Å². The molecule has 2 aromatic heterocycles. The summed E-state index contributed by atoms with van der Waals surface area (Å²) in [5.41, 5.74) is 8.59. The van der Waals surface area contributed by atoms with Gasteiger partial charge in [0.25, 0.3) is 0 Å². The summed E-state index contributed by atoms with van der Waals surface area (Å²) in [6, 6.07) is 12.2. The van der Waals surface area contributed by atoms with Crippen molar-refractivity contribution in [3.63, 3.8) is 0 Å². The number of fused-ring (bicyclic) bond motifs is 3. The molecule has 0 aliphatic carbocycles. The molecule has 4 rings (SSSR count). The van der Waals surface area contributed by atoms with E-state index in [-0.39, 0.29) is 4.90 Å². The van der Waals surface area contributed by atoms with E-state index in [1.807, 2.05) is 18.2 Å². The Morgan fingerprint density at radius 2 is 1.92 bits per heavy atom. The highest BCUT2D eigenvalue weighted by Gasteiger charge is 2.15. The molecule has 4 N–H and O–H groups in total. The zero-order valence-electron chi connectivity index (χ0n) is 13.3. The lowest BCUT2D eigenvalue weighted by atomic mass is 10.1. The molecule has 0 bridgehead atoms. The number of nitrogens with two attached hydrogens (primary N) is 1. The van der Waals surface area contributed by atoms with Gasteiger partial charge in [-0.1, -0.05) is 12.1 Å². The number of aromatic nitrogens is 3. The number of H-pyrrole nitrogens is 1. The Hall–Kier alpha value is -3.13. The second kappa shape index (κ2) is 5.45. The highest BCUT2D eigenvalue weighted by Crippen LogP contribution is 2.32. The van der Waals surface area contributed by atoms with Crippen molar-refractivity contribution in [2.75, 3.05) is 17.3 Å². The fourth-order valence-electron chi connectivity index (χ4n) is 2.73. The summed E-state index contributed by atoms with van der Waals surface area (Å²) < 4.78 is 23.7. The molecule has 0 amide bonds. The first-order valence-electron chi connectivity index (χ1n) is 7.52. The number of nitrogens with zero attached hydrogens (tertiary/aromatic N) is 2. The predicted octanol–water partition coefficient (Wildman–Crippen LogP) is 2.84. The molecule has 0 saturated carbocycles. The van der Waals surface area contributed by atoms with E-state index in [0.717, 1.165) is 16.5 Å². The van der Waals surface area contributed by atoms with Gasteiger partial charge in [-0.2, -0.15) is 5.10 Å². The number of nitrogen functional groups attached to an aromatic ring is 1. The van der Waals surface area contributed by atoms with Gasteiger partial charge in [-0.05, 0) is 30.3 Å². The number of hydrogen-bond acceptors (Lipinski definition) is 6. The van der Waals surface area contributed by atoms with Crippen molar-refractivity contribution in [2.45, 2.75) is 4.90 Å². The Labute approximate surface area is 143 Å². The van der Waals surface area contributed by atoms with E-state index in [1.54, 1.807) is 30.5 Å². The molecule has 126 valence electrons. The number of anilines is 3. The Kier molecular flexibility index (Phi) is 3.36. The third-order valence-corrected chi connectivity index (χ3v) is 5.11. The molecule has 0 aliphatic rings. The summed E-state index contributed by atoms with van der Waals surface area (Å²) in [5, 5.41) is 11.8. The number of para-hydroxylation sites is 2. The van der Waals surface area contributed by atoms with Gasteiger partial charge in [0.05, 0.1) is 21.8 Å². The first kappa shape index (κ1) is 15.4. The summed E-state index contributed by atoms with van der Waals surface area (Å²) in [6.07, 6.45) is 2.91. The molecule has 25 heavy (non-hydrogen) atoms. The third kappa shape index (κ3) is 2.66. The maximum absolute atomic E-state index is 11.8. The van der Waals surface area contributed by atoms with E-state index in [9.17, 15) is 8.42 Å². The molecule has 0 aliphatic heterocycles. The fraction of sp³-hybridized carbons (Fsp3) is 0.0588. The van der Waals surface area contributed by atoms with E-state index >= 15 is 0 Å². The number of benzene rings is 2. The van der Waals surface area contributed by atoms with Crippen molar-refractivity contribution in [3.05, 3.63) is 48.7 Å². The second-order valence-electron chi connectivity index (χ2n) is 5.77. The largest absolute Gasteiger partial charge is 0.397 e. The lowest BCUT2D eigenvalue weighted by Gasteiger charge is -2.10. The fourth-order valence-corrected chi connectivity index (χ4v) is 3.38. The molecule has 4 aromatic rings. The Morgan fingerprint density at radius 1 is 1.12 bits per heavy atom. The van der Waals surface area contributed by atoms with Crippen molar-refractivity contribution < 1.29 is 8.42 Å². The predicted molar refractivity (Wildman–Crippen MR) is 98.6 cm³/mol. The number of nitrogens with one attached hydrogen (secondary N) is 2. The Morgan fingerprint density at radius 3 is 2.68 bits per heavy atom. The van der Waals surface area contributed by atoms with E-state index in [2.05, 4.69) is 20.5 Å². The molecule has 0 unspecified atom stereocenters. The second-order valence-corrected chi connectivity index (χ2v) is 7.79. The van der Waals surface area contributed by atoms with Gasteiger partial charge < -0.3 is 11.1 Å². The average molecular weight is 353 g/mol. The van der Waals surface area contributed by atoms with Gasteiger partial charge in [0.2, 0.25) is 0 Å². The van der Waals surface area contributed by atoms with Gasteiger partial charge in [-0.25, -0.2) is 13.4 Å². The van der Waals surface area contributed by atoms with Crippen LogP contribution in [-0.2, 0) is 9.84 Å². The molecular weight excluding hydrogens is 338 g/mol. The summed E-state index contributed by atoms with van der Waals surface area (Å²) >= 11 is 0. The van der Waals surface area contributed by atoms with Crippen LogP contribution in [0.2, 0.25) is 0 Å². The summed E-state index contributed by atoms with van der Waals surface area (Å²) in [5.74, 6) is 0.550. The van der Waals surface area contributed by atoms with E-state index in [0.29, 0.717) is 22.5 Å². The van der Waals surface area contributed by atoms with Crippen LogP contribution in [0.15, 0.2) is 53.6 Å². The van der Waals surface area contributed by atoms with Crippen LogP contribution < -0.4 is 11.1 Å². The van der Waals surface area contributed by atoms with Gasteiger partial charge in [0.1, 0.15) is 5.52 Å². The minimum atomic E-state index is -3.30. The van der Waals surface area contributed by atoms with Gasteiger partial charge in [0, 0.05) is 23.2 Å². The molecule has 0 saturated heterocycles. The molecule has 0 radical (unpaired) electrons. The van der Waals surface area contributed by atoms with Crippen LogP contribution in [0.1, 0.15) is 0 Å². The first-order valence-corrected chi connectivity index (χ1v) is 9.41. The minimum Gasteiger partial charge on any atom is -0.397 e. The van der Waals surface area contributed by atoms with Crippen LogP contribution >= 0.6 is 0 Å². The number of rotatable bonds is 3. The number of aromatic amines is 1. The quantitative estimate of drug-likeness (QED) is 0.488. The topological polar surface area (TPSA) is 114 Å². The highest BCUT2D eigenvalue weighted by atomic mass is 32.2. The molecule has 2 aromatic carbocycles. The van der Waals surface area contributed by atoms with Crippen LogP contribution in [0, 0.1) is 0 Å². The zero-order chi connectivity index (χ0) is 17.6. The lowest BCUT2D eigenvalue weighted by molar-refractivity contribution is 0.602. The van der Waals surface area contributed by atoms with Gasteiger partial charge in [0.15, 0.2) is 15.7 Å². The third-order valence-electron chi connectivity index (χ3n) is 4.00. The highest BCUT2D eigenvalue weighted by molar-refractivity contribution is 7.90. The molecule has 2 heterocycles. The smallest absolute Gasteiger partial charge is 0.175 e. The SMILES string of the molecule is CS(=O)(=O)c1ccc2nc(Nc3ccccc3N)c3n[nH]cc3c2c1. The standard InChI is InChI=1S/C17H15N5O2S/c1-25(23,24)10-6-7-14-11(8-10)12-9-19-22-16(12)17(20-14)21-15-5-3-2-4-13(15)18/h2-9H,18H2,1H3,(H,19,22)(H,20,21). The van der Waals surface area contributed by atoms with Crippen LogP contribution in [-0.4, -0.2) is 29.9 Å². The Balaban J connectivity index is 1.94. The first-order chi connectivity index (χ1) is 11.9. The van der Waals surface area contributed by atoms with Gasteiger partial charge >= 0.3 is 0 Å². The van der Waals surface area contributed by atoms with E-state index in [4.69, 9.17) is 5.73 Å². The summed E-state index contributed by atoms with van der Waals surface area (Å²) in [7, 11) is -3.30. The van der Waals surface area contributed by atoms with Crippen molar-refractivity contribution in [1.82, 2.24) is 15.2 Å². The van der Waals surface area contributed by atoms with E-state index < -0.39 is 9.84 Å². The molecule has 7 nitrogen and oxygen atoms in total. The van der Waals surface area contributed by atoms with Crippen molar-refractivity contribution in [2.24, 2.45) is 0 Å². The molecule has 0 spiro atoms. The van der Waals surface area contributed by atoms with Gasteiger partial charge in [-0.15, -0.1) is 0 Å². The summed E-state index contributed by atoms with van der Waals surface area (Å²) in [4.78, 5) is 4.84. The molecular formula is C17H15N5O2S. The van der Waals surface area contributed by atoms with Crippen molar-refractivity contribution >= 4 is 48.8 Å². The zero-order valence-corrected chi connectivity index (χ0v) is 14.1. The number of hydrogen-bond donors (Lipinski definition) is 3. The van der Waals surface area contributed by atoms with Crippen LogP contribution in [0.25, 0.3) is 21.8 Å². The minimum absolute atomic E-state index is 0.248. The van der Waals surface area contributed by atoms with E-state index in [1.165, 1.54) is 6.26 Å².